The number of rotatable bonds is 7. The minimum absolute atomic E-state index is 0.0487. The van der Waals surface area contributed by atoms with Gasteiger partial charge in [-0.05, 0) is 20.8 Å². The van der Waals surface area contributed by atoms with Crippen molar-refractivity contribution in [3.63, 3.8) is 0 Å². The van der Waals surface area contributed by atoms with Crippen molar-refractivity contribution in [1.29, 1.82) is 0 Å². The van der Waals surface area contributed by atoms with E-state index in [4.69, 9.17) is 5.11 Å². The lowest BCUT2D eigenvalue weighted by Gasteiger charge is -2.27. The van der Waals surface area contributed by atoms with Crippen molar-refractivity contribution in [2.45, 2.75) is 39.7 Å². The number of carbonyl (C=O) groups excluding carboxylic acids is 1. The predicted molar refractivity (Wildman–Crippen MR) is 78.0 cm³/mol. The monoisotopic (exact) mass is 299 g/mol. The standard InChI is InChI=1S/C13H21N3O3S/c1-4-16(10(3)7-12(17)18)13(19)14-6-5-11-15-9(2)8-20-11/h8,10H,4-7H2,1-3H3,(H,14,19)(H,17,18). The van der Waals surface area contributed by atoms with Crippen molar-refractivity contribution >= 4 is 23.3 Å². The molecule has 0 saturated heterocycles. The zero-order chi connectivity index (χ0) is 15.1. The Morgan fingerprint density at radius 2 is 2.25 bits per heavy atom. The minimum atomic E-state index is -0.901. The predicted octanol–water partition coefficient (Wildman–Crippen LogP) is 1.89. The van der Waals surface area contributed by atoms with Crippen LogP contribution in [0.15, 0.2) is 5.38 Å². The number of amides is 2. The number of hydrogen-bond acceptors (Lipinski definition) is 4. The van der Waals surface area contributed by atoms with Gasteiger partial charge < -0.3 is 15.3 Å². The van der Waals surface area contributed by atoms with Crippen LogP contribution in [-0.2, 0) is 11.2 Å². The fourth-order valence-electron chi connectivity index (χ4n) is 1.91. The molecule has 0 radical (unpaired) electrons. The molecule has 0 aliphatic heterocycles. The van der Waals surface area contributed by atoms with Gasteiger partial charge in [0, 0.05) is 36.6 Å². The zero-order valence-corrected chi connectivity index (χ0v) is 12.9. The molecule has 0 saturated carbocycles. The van der Waals surface area contributed by atoms with E-state index in [0.29, 0.717) is 19.5 Å². The van der Waals surface area contributed by atoms with Gasteiger partial charge in [-0.15, -0.1) is 11.3 Å². The highest BCUT2D eigenvalue weighted by atomic mass is 32.1. The third-order valence-electron chi connectivity index (χ3n) is 2.89. The lowest BCUT2D eigenvalue weighted by molar-refractivity contribution is -0.138. The van der Waals surface area contributed by atoms with Crippen molar-refractivity contribution in [3.8, 4) is 0 Å². The van der Waals surface area contributed by atoms with Gasteiger partial charge >= 0.3 is 12.0 Å². The molecule has 112 valence electrons. The number of aliphatic carboxylic acids is 1. The summed E-state index contributed by atoms with van der Waals surface area (Å²) in [5, 5.41) is 14.5. The van der Waals surface area contributed by atoms with Crippen molar-refractivity contribution in [1.82, 2.24) is 15.2 Å². The summed E-state index contributed by atoms with van der Waals surface area (Å²) in [4.78, 5) is 28.5. The van der Waals surface area contributed by atoms with Gasteiger partial charge in [-0.3, -0.25) is 4.79 Å². The maximum atomic E-state index is 12.0. The molecule has 7 heteroatoms. The molecule has 1 aromatic heterocycles. The number of carbonyl (C=O) groups is 2. The van der Waals surface area contributed by atoms with Crippen LogP contribution in [0.25, 0.3) is 0 Å². The zero-order valence-electron chi connectivity index (χ0n) is 12.0. The Labute approximate surface area is 122 Å². The molecule has 0 aliphatic carbocycles. The summed E-state index contributed by atoms with van der Waals surface area (Å²) in [6.45, 7) is 6.49. The summed E-state index contributed by atoms with van der Waals surface area (Å²) < 4.78 is 0. The highest BCUT2D eigenvalue weighted by Crippen LogP contribution is 2.09. The number of carboxylic acids is 1. The summed E-state index contributed by atoms with van der Waals surface area (Å²) >= 11 is 1.58. The average Bonchev–Trinajstić information content (AvgIpc) is 2.75. The van der Waals surface area contributed by atoms with E-state index < -0.39 is 5.97 Å². The topological polar surface area (TPSA) is 82.5 Å². The van der Waals surface area contributed by atoms with Crippen LogP contribution >= 0.6 is 11.3 Å². The Kier molecular flexibility index (Phi) is 6.44. The third-order valence-corrected chi connectivity index (χ3v) is 3.91. The molecule has 2 N–H and O–H groups in total. The van der Waals surface area contributed by atoms with Gasteiger partial charge in [0.05, 0.1) is 11.4 Å². The van der Waals surface area contributed by atoms with Crippen molar-refractivity contribution in [2.75, 3.05) is 13.1 Å². The average molecular weight is 299 g/mol. The van der Waals surface area contributed by atoms with E-state index in [1.54, 1.807) is 18.3 Å². The molecular formula is C13H21N3O3S. The van der Waals surface area contributed by atoms with Gasteiger partial charge in [0.2, 0.25) is 0 Å². The van der Waals surface area contributed by atoms with Crippen LogP contribution < -0.4 is 5.32 Å². The van der Waals surface area contributed by atoms with Crippen molar-refractivity contribution in [3.05, 3.63) is 16.1 Å². The van der Waals surface area contributed by atoms with Crippen LogP contribution in [0.4, 0.5) is 4.79 Å². The molecule has 0 aromatic carbocycles. The summed E-state index contributed by atoms with van der Waals surface area (Å²) in [6, 6.07) is -0.547. The molecule has 1 heterocycles. The lowest BCUT2D eigenvalue weighted by atomic mass is 10.2. The van der Waals surface area contributed by atoms with Crippen LogP contribution in [0.3, 0.4) is 0 Å². The first-order chi connectivity index (χ1) is 9.43. The van der Waals surface area contributed by atoms with Crippen LogP contribution in [-0.4, -0.2) is 46.1 Å². The first-order valence-electron chi connectivity index (χ1n) is 6.61. The molecule has 0 fully saturated rings. The Hall–Kier alpha value is -1.63. The number of thiazole rings is 1. The Morgan fingerprint density at radius 1 is 1.55 bits per heavy atom. The molecule has 1 rings (SSSR count). The van der Waals surface area contributed by atoms with E-state index >= 15 is 0 Å². The summed E-state index contributed by atoms with van der Waals surface area (Å²) in [5.41, 5.74) is 0.988. The smallest absolute Gasteiger partial charge is 0.317 e. The number of urea groups is 1. The molecule has 0 aliphatic rings. The van der Waals surface area contributed by atoms with Crippen LogP contribution in [0.1, 0.15) is 31.0 Å². The Balaban J connectivity index is 2.41. The molecule has 1 atom stereocenters. The second kappa shape index (κ2) is 7.84. The molecular weight excluding hydrogens is 278 g/mol. The molecule has 20 heavy (non-hydrogen) atoms. The molecule has 2 amide bonds. The van der Waals surface area contributed by atoms with Gasteiger partial charge in [-0.1, -0.05) is 0 Å². The quantitative estimate of drug-likeness (QED) is 0.805. The number of aryl methyl sites for hydroxylation is 1. The van der Waals surface area contributed by atoms with Crippen molar-refractivity contribution < 1.29 is 14.7 Å². The minimum Gasteiger partial charge on any atom is -0.481 e. The second-order valence-electron chi connectivity index (χ2n) is 4.60. The van der Waals surface area contributed by atoms with Crippen LogP contribution in [0, 0.1) is 6.92 Å². The maximum Gasteiger partial charge on any atom is 0.317 e. The van der Waals surface area contributed by atoms with E-state index in [-0.39, 0.29) is 18.5 Å². The number of nitrogens with one attached hydrogen (secondary N) is 1. The highest BCUT2D eigenvalue weighted by Gasteiger charge is 2.20. The van der Waals surface area contributed by atoms with Gasteiger partial charge in [0.25, 0.3) is 0 Å². The number of nitrogens with zero attached hydrogens (tertiary/aromatic N) is 2. The third kappa shape index (κ3) is 5.16. The molecule has 1 unspecified atom stereocenters. The first-order valence-corrected chi connectivity index (χ1v) is 7.49. The van der Waals surface area contributed by atoms with Crippen molar-refractivity contribution in [2.24, 2.45) is 0 Å². The first kappa shape index (κ1) is 16.4. The maximum absolute atomic E-state index is 12.0. The molecule has 6 nitrogen and oxygen atoms in total. The van der Waals surface area contributed by atoms with E-state index in [2.05, 4.69) is 10.3 Å². The highest BCUT2D eigenvalue weighted by molar-refractivity contribution is 7.09. The van der Waals surface area contributed by atoms with E-state index in [1.807, 2.05) is 19.2 Å². The van der Waals surface area contributed by atoms with E-state index in [1.165, 1.54) is 4.90 Å². The number of hydrogen-bond donors (Lipinski definition) is 2. The lowest BCUT2D eigenvalue weighted by Crippen LogP contribution is -2.46. The fraction of sp³-hybridized carbons (Fsp3) is 0.615. The van der Waals surface area contributed by atoms with Gasteiger partial charge in [0.1, 0.15) is 0 Å². The molecule has 0 spiro atoms. The molecule has 0 bridgehead atoms. The van der Waals surface area contributed by atoms with Crippen LogP contribution in [0.5, 0.6) is 0 Å². The number of aromatic nitrogens is 1. The second-order valence-corrected chi connectivity index (χ2v) is 5.54. The SMILES string of the molecule is CCN(C(=O)NCCc1nc(C)cs1)C(C)CC(=O)O. The Bertz CT molecular complexity index is 461. The van der Waals surface area contributed by atoms with E-state index in [0.717, 1.165) is 10.7 Å². The fourth-order valence-corrected chi connectivity index (χ4v) is 2.69. The summed E-state index contributed by atoms with van der Waals surface area (Å²) in [5.74, 6) is -0.901. The Morgan fingerprint density at radius 3 is 2.75 bits per heavy atom. The summed E-state index contributed by atoms with van der Waals surface area (Å²) in [7, 11) is 0. The normalized spacial score (nSPS) is 11.9. The van der Waals surface area contributed by atoms with Crippen LogP contribution in [0.2, 0.25) is 0 Å². The largest absolute Gasteiger partial charge is 0.481 e. The van der Waals surface area contributed by atoms with Gasteiger partial charge in [-0.2, -0.15) is 0 Å². The number of carboxylic acid groups (broad SMARTS) is 1. The molecule has 1 aromatic rings. The summed E-state index contributed by atoms with van der Waals surface area (Å²) in [6.07, 6.45) is 0.641. The van der Waals surface area contributed by atoms with E-state index in [9.17, 15) is 9.59 Å². The van der Waals surface area contributed by atoms with Gasteiger partial charge in [-0.25, -0.2) is 9.78 Å². The van der Waals surface area contributed by atoms with Gasteiger partial charge in [0.15, 0.2) is 0 Å².